The van der Waals surface area contributed by atoms with Crippen LogP contribution in [0.3, 0.4) is 0 Å². The fourth-order valence-electron chi connectivity index (χ4n) is 1.35. The molecular formula is C12H17F2N. The van der Waals surface area contributed by atoms with Gasteiger partial charge >= 0.3 is 0 Å². The van der Waals surface area contributed by atoms with Gasteiger partial charge in [-0.2, -0.15) is 0 Å². The molecule has 0 saturated heterocycles. The minimum Gasteiger partial charge on any atom is -0.322 e. The van der Waals surface area contributed by atoms with Crippen LogP contribution in [0.15, 0.2) is 24.3 Å². The van der Waals surface area contributed by atoms with Crippen molar-refractivity contribution in [2.45, 2.75) is 38.7 Å². The van der Waals surface area contributed by atoms with Crippen LogP contribution in [-0.4, -0.2) is 0 Å². The first kappa shape index (κ1) is 12.1. The highest BCUT2D eigenvalue weighted by Gasteiger charge is 2.29. The zero-order valence-corrected chi connectivity index (χ0v) is 9.35. The lowest BCUT2D eigenvalue weighted by atomic mass is 9.93. The lowest BCUT2D eigenvalue weighted by molar-refractivity contribution is -0.00831. The molecule has 0 radical (unpaired) electrons. The average molecular weight is 213 g/mol. The lowest BCUT2D eigenvalue weighted by Gasteiger charge is -2.21. The van der Waals surface area contributed by atoms with Crippen molar-refractivity contribution in [3.05, 3.63) is 35.4 Å². The quantitative estimate of drug-likeness (QED) is 0.818. The van der Waals surface area contributed by atoms with E-state index in [-0.39, 0.29) is 12.0 Å². The van der Waals surface area contributed by atoms with Gasteiger partial charge in [-0.1, -0.05) is 31.2 Å². The molecule has 15 heavy (non-hydrogen) atoms. The van der Waals surface area contributed by atoms with Gasteiger partial charge in [-0.05, 0) is 19.4 Å². The summed E-state index contributed by atoms with van der Waals surface area (Å²) in [5.74, 6) is -2.74. The summed E-state index contributed by atoms with van der Waals surface area (Å²) in [6.07, 6.45) is -0.182. The zero-order valence-electron chi connectivity index (χ0n) is 9.35. The smallest absolute Gasteiger partial charge is 0.273 e. The normalized spacial score (nSPS) is 12.9. The summed E-state index contributed by atoms with van der Waals surface area (Å²) in [5.41, 5.74) is 6.29. The van der Waals surface area contributed by atoms with Crippen molar-refractivity contribution < 1.29 is 8.78 Å². The van der Waals surface area contributed by atoms with Gasteiger partial charge in [0, 0.05) is 17.5 Å². The number of hydrogen-bond donors (Lipinski definition) is 1. The van der Waals surface area contributed by atoms with Crippen LogP contribution in [0, 0.1) is 0 Å². The summed E-state index contributed by atoms with van der Waals surface area (Å²) in [6.45, 7) is 5.17. The third kappa shape index (κ3) is 2.75. The molecule has 0 atom stereocenters. The predicted molar refractivity (Wildman–Crippen MR) is 57.8 cm³/mol. The summed E-state index contributed by atoms with van der Waals surface area (Å²) in [7, 11) is 0. The lowest BCUT2D eigenvalue weighted by Crippen LogP contribution is -2.28. The molecule has 0 spiro atoms. The molecule has 84 valence electrons. The summed E-state index contributed by atoms with van der Waals surface area (Å²) < 4.78 is 26.6. The van der Waals surface area contributed by atoms with Crippen LogP contribution in [0.1, 0.15) is 38.3 Å². The Balaban J connectivity index is 3.01. The first-order valence-corrected chi connectivity index (χ1v) is 5.05. The van der Waals surface area contributed by atoms with Gasteiger partial charge in [0.1, 0.15) is 0 Å². The highest BCUT2D eigenvalue weighted by atomic mass is 19.3. The molecule has 0 aromatic heterocycles. The Morgan fingerprint density at radius 2 is 1.47 bits per heavy atom. The van der Waals surface area contributed by atoms with Gasteiger partial charge in [-0.3, -0.25) is 0 Å². The van der Waals surface area contributed by atoms with E-state index in [0.717, 1.165) is 5.56 Å². The van der Waals surface area contributed by atoms with Crippen molar-refractivity contribution in [1.29, 1.82) is 0 Å². The highest BCUT2D eigenvalue weighted by Crippen LogP contribution is 2.32. The first-order chi connectivity index (χ1) is 6.77. The second kappa shape index (κ2) is 3.89. The van der Waals surface area contributed by atoms with Gasteiger partial charge in [-0.15, -0.1) is 0 Å². The van der Waals surface area contributed by atoms with Crippen LogP contribution in [0.5, 0.6) is 0 Å². The number of rotatable bonds is 3. The van der Waals surface area contributed by atoms with E-state index in [4.69, 9.17) is 5.73 Å². The Morgan fingerprint density at radius 3 is 1.80 bits per heavy atom. The van der Waals surface area contributed by atoms with E-state index < -0.39 is 11.5 Å². The third-order valence-electron chi connectivity index (χ3n) is 2.50. The fourth-order valence-corrected chi connectivity index (χ4v) is 1.35. The van der Waals surface area contributed by atoms with Gasteiger partial charge in [-0.25, -0.2) is 8.78 Å². The molecule has 2 N–H and O–H groups in total. The summed E-state index contributed by atoms with van der Waals surface area (Å²) in [5, 5.41) is 0. The number of benzene rings is 1. The van der Waals surface area contributed by atoms with Crippen molar-refractivity contribution in [1.82, 2.24) is 0 Å². The molecule has 0 aliphatic rings. The summed E-state index contributed by atoms with van der Waals surface area (Å²) in [6, 6.07) is 6.23. The summed E-state index contributed by atoms with van der Waals surface area (Å²) in [4.78, 5) is 0. The van der Waals surface area contributed by atoms with E-state index in [0.29, 0.717) is 0 Å². The van der Waals surface area contributed by atoms with Gasteiger partial charge < -0.3 is 5.73 Å². The van der Waals surface area contributed by atoms with Crippen LogP contribution in [0.4, 0.5) is 8.78 Å². The number of nitrogens with two attached hydrogens (primary N) is 1. The third-order valence-corrected chi connectivity index (χ3v) is 2.50. The summed E-state index contributed by atoms with van der Waals surface area (Å²) >= 11 is 0. The van der Waals surface area contributed by atoms with Crippen LogP contribution >= 0.6 is 0 Å². The molecule has 0 bridgehead atoms. The fraction of sp³-hybridized carbons (Fsp3) is 0.500. The number of hydrogen-bond acceptors (Lipinski definition) is 1. The van der Waals surface area contributed by atoms with Crippen LogP contribution < -0.4 is 5.73 Å². The molecule has 0 fully saturated rings. The van der Waals surface area contributed by atoms with Crippen molar-refractivity contribution in [3.8, 4) is 0 Å². The monoisotopic (exact) mass is 213 g/mol. The second-order valence-electron chi connectivity index (χ2n) is 4.36. The van der Waals surface area contributed by atoms with Gasteiger partial charge in [0.05, 0.1) is 0 Å². The van der Waals surface area contributed by atoms with Crippen molar-refractivity contribution in [3.63, 3.8) is 0 Å². The minimum absolute atomic E-state index is 0.0537. The molecule has 0 saturated carbocycles. The standard InChI is InChI=1S/C12H17F2N/c1-4-12(13,14)10-7-5-9(6-8-10)11(2,3)15/h5-8H,4,15H2,1-3H3. The SMILES string of the molecule is CCC(F)(F)c1ccc(C(C)(C)N)cc1. The van der Waals surface area contributed by atoms with E-state index in [1.807, 2.05) is 13.8 Å². The maximum absolute atomic E-state index is 13.3. The molecular weight excluding hydrogens is 196 g/mol. The molecule has 0 aliphatic carbocycles. The molecule has 1 rings (SSSR count). The minimum atomic E-state index is -2.74. The Labute approximate surface area is 89.3 Å². The first-order valence-electron chi connectivity index (χ1n) is 5.05. The van der Waals surface area contributed by atoms with Gasteiger partial charge in [0.15, 0.2) is 0 Å². The van der Waals surface area contributed by atoms with Gasteiger partial charge in [0.25, 0.3) is 5.92 Å². The molecule has 3 heteroatoms. The Bertz CT molecular complexity index is 322. The maximum Gasteiger partial charge on any atom is 0.273 e. The second-order valence-corrected chi connectivity index (χ2v) is 4.36. The average Bonchev–Trinajstić information content (AvgIpc) is 2.17. The molecule has 0 amide bonds. The van der Waals surface area contributed by atoms with Crippen molar-refractivity contribution in [2.24, 2.45) is 5.73 Å². The molecule has 0 heterocycles. The molecule has 1 aromatic carbocycles. The maximum atomic E-state index is 13.3. The molecule has 1 aromatic rings. The van der Waals surface area contributed by atoms with E-state index in [1.54, 1.807) is 12.1 Å². The van der Waals surface area contributed by atoms with E-state index in [2.05, 4.69) is 0 Å². The van der Waals surface area contributed by atoms with Gasteiger partial charge in [0.2, 0.25) is 0 Å². The van der Waals surface area contributed by atoms with E-state index in [1.165, 1.54) is 19.1 Å². The zero-order chi connectivity index (χ0) is 11.7. The predicted octanol–water partition coefficient (Wildman–Crippen LogP) is 3.38. The van der Waals surface area contributed by atoms with Crippen molar-refractivity contribution >= 4 is 0 Å². The van der Waals surface area contributed by atoms with Crippen LogP contribution in [0.25, 0.3) is 0 Å². The van der Waals surface area contributed by atoms with E-state index in [9.17, 15) is 8.78 Å². The molecule has 0 unspecified atom stereocenters. The topological polar surface area (TPSA) is 26.0 Å². The number of alkyl halides is 2. The Hall–Kier alpha value is -0.960. The number of halogens is 2. The largest absolute Gasteiger partial charge is 0.322 e. The Kier molecular flexibility index (Phi) is 3.14. The molecule has 0 aliphatic heterocycles. The van der Waals surface area contributed by atoms with Crippen LogP contribution in [0.2, 0.25) is 0 Å². The molecule has 1 nitrogen and oxygen atoms in total. The Morgan fingerprint density at radius 1 is 1.07 bits per heavy atom. The highest BCUT2D eigenvalue weighted by molar-refractivity contribution is 5.29. The van der Waals surface area contributed by atoms with E-state index >= 15 is 0 Å². The van der Waals surface area contributed by atoms with Crippen molar-refractivity contribution in [2.75, 3.05) is 0 Å². The van der Waals surface area contributed by atoms with Crippen LogP contribution in [-0.2, 0) is 11.5 Å².